The molecule has 28 heavy (non-hydrogen) atoms. The van der Waals surface area contributed by atoms with Gasteiger partial charge >= 0.3 is 6.09 Å². The number of halogens is 2. The monoisotopic (exact) mass is 396 g/mol. The van der Waals surface area contributed by atoms with E-state index < -0.39 is 29.8 Å². The number of hydrogen-bond donors (Lipinski definition) is 1. The van der Waals surface area contributed by atoms with Crippen molar-refractivity contribution in [1.82, 2.24) is 20.4 Å². The molecular weight excluding hydrogens is 374 g/mol. The zero-order valence-electron chi connectivity index (χ0n) is 16.0. The number of amides is 1. The van der Waals surface area contributed by atoms with Crippen molar-refractivity contribution in [2.24, 2.45) is 0 Å². The number of nitrogens with zero attached hydrogens (tertiary/aromatic N) is 3. The van der Waals surface area contributed by atoms with Gasteiger partial charge in [-0.3, -0.25) is 0 Å². The first-order valence-corrected chi connectivity index (χ1v) is 8.85. The fraction of sp³-hybridized carbons (Fsp3) is 0.556. The second kappa shape index (κ2) is 7.33. The molecule has 2 aromatic heterocycles. The van der Waals surface area contributed by atoms with Gasteiger partial charge in [-0.1, -0.05) is 5.16 Å². The summed E-state index contributed by atoms with van der Waals surface area (Å²) in [5, 5.41) is 6.50. The highest BCUT2D eigenvalue weighted by atomic mass is 19.3. The molecule has 0 aliphatic heterocycles. The maximum atomic E-state index is 12.9. The molecule has 0 spiro atoms. The molecule has 3 rings (SSSR count). The molecule has 1 amide bonds. The minimum Gasteiger partial charge on any atom is -0.474 e. The van der Waals surface area contributed by atoms with E-state index in [4.69, 9.17) is 14.0 Å². The number of alkyl halides is 2. The number of pyridine rings is 1. The second-order valence-corrected chi connectivity index (χ2v) is 7.71. The molecule has 0 aromatic carbocycles. The third kappa shape index (κ3) is 5.14. The molecule has 10 heteroatoms. The van der Waals surface area contributed by atoms with Crippen LogP contribution in [0.4, 0.5) is 13.6 Å². The highest BCUT2D eigenvalue weighted by molar-refractivity contribution is 5.68. The molecular formula is C18H22F2N4O4. The van der Waals surface area contributed by atoms with Crippen molar-refractivity contribution in [3.8, 4) is 17.3 Å². The van der Waals surface area contributed by atoms with Crippen molar-refractivity contribution >= 4 is 6.09 Å². The third-order valence-electron chi connectivity index (χ3n) is 3.88. The SMILES string of the molecule is C[C@H](NC(=O)OC(C)(C)C)c1nc(-c2ccnc(OC3CC(F)(F)C3)c2)no1. The molecule has 2 heterocycles. The first-order chi connectivity index (χ1) is 13.0. The Morgan fingerprint density at radius 1 is 1.39 bits per heavy atom. The average Bonchev–Trinajstić information content (AvgIpc) is 3.01. The van der Waals surface area contributed by atoms with Crippen LogP contribution in [0.1, 0.15) is 52.5 Å². The summed E-state index contributed by atoms with van der Waals surface area (Å²) in [6.45, 7) is 6.96. The second-order valence-electron chi connectivity index (χ2n) is 7.71. The molecule has 2 aromatic rings. The van der Waals surface area contributed by atoms with Crippen molar-refractivity contribution in [3.05, 3.63) is 24.2 Å². The molecule has 1 saturated carbocycles. The molecule has 1 aliphatic rings. The topological polar surface area (TPSA) is 99.4 Å². The minimum absolute atomic E-state index is 0.193. The van der Waals surface area contributed by atoms with Crippen LogP contribution in [-0.2, 0) is 4.74 Å². The molecule has 1 fully saturated rings. The number of aromatic nitrogens is 3. The van der Waals surface area contributed by atoms with Gasteiger partial charge in [0.2, 0.25) is 17.6 Å². The van der Waals surface area contributed by atoms with Crippen LogP contribution >= 0.6 is 0 Å². The van der Waals surface area contributed by atoms with Crippen molar-refractivity contribution in [1.29, 1.82) is 0 Å². The van der Waals surface area contributed by atoms with Crippen LogP contribution in [-0.4, -0.2) is 38.8 Å². The number of hydrogen-bond acceptors (Lipinski definition) is 7. The lowest BCUT2D eigenvalue weighted by Crippen LogP contribution is -2.43. The van der Waals surface area contributed by atoms with Gasteiger partial charge in [-0.2, -0.15) is 4.98 Å². The highest BCUT2D eigenvalue weighted by Crippen LogP contribution is 2.39. The number of carbonyl (C=O) groups excluding carboxylic acids is 1. The van der Waals surface area contributed by atoms with E-state index in [0.717, 1.165) is 0 Å². The van der Waals surface area contributed by atoms with E-state index >= 15 is 0 Å². The molecule has 1 atom stereocenters. The summed E-state index contributed by atoms with van der Waals surface area (Å²) in [6.07, 6.45) is -0.328. The predicted octanol–water partition coefficient (Wildman–Crippen LogP) is 3.89. The molecule has 0 unspecified atom stereocenters. The van der Waals surface area contributed by atoms with Gasteiger partial charge in [-0.25, -0.2) is 18.6 Å². The van der Waals surface area contributed by atoms with Gasteiger partial charge in [0.05, 0.1) is 0 Å². The van der Waals surface area contributed by atoms with Gasteiger partial charge in [-0.15, -0.1) is 0 Å². The Morgan fingerprint density at radius 2 is 2.11 bits per heavy atom. The number of nitrogens with one attached hydrogen (secondary N) is 1. The Balaban J connectivity index is 1.63. The van der Waals surface area contributed by atoms with E-state index in [2.05, 4.69) is 20.4 Å². The predicted molar refractivity (Wildman–Crippen MR) is 93.9 cm³/mol. The molecule has 8 nitrogen and oxygen atoms in total. The maximum absolute atomic E-state index is 12.9. The molecule has 1 N–H and O–H groups in total. The normalized spacial score (nSPS) is 17.5. The summed E-state index contributed by atoms with van der Waals surface area (Å²) in [5.74, 6) is -2.00. The standard InChI is InChI=1S/C18H22F2N4O4/c1-10(22-16(25)27-17(2,3)4)15-23-14(24-28-15)11-5-6-21-13(7-11)26-12-8-18(19,20)9-12/h5-7,10,12H,8-9H2,1-4H3,(H,22,25)/t10-/m0/s1. The van der Waals surface area contributed by atoms with Crippen LogP contribution in [0.5, 0.6) is 5.88 Å². The van der Waals surface area contributed by atoms with Crippen LogP contribution in [0.15, 0.2) is 22.9 Å². The van der Waals surface area contributed by atoms with Gasteiger partial charge in [0, 0.05) is 30.7 Å². The fourth-order valence-corrected chi connectivity index (χ4v) is 2.55. The van der Waals surface area contributed by atoms with E-state index in [0.29, 0.717) is 5.56 Å². The van der Waals surface area contributed by atoms with E-state index in [1.54, 1.807) is 39.8 Å². The van der Waals surface area contributed by atoms with Gasteiger partial charge in [0.25, 0.3) is 5.92 Å². The summed E-state index contributed by atoms with van der Waals surface area (Å²) in [7, 11) is 0. The van der Waals surface area contributed by atoms with Gasteiger partial charge in [0.1, 0.15) is 17.7 Å². The van der Waals surface area contributed by atoms with Crippen LogP contribution in [0.25, 0.3) is 11.4 Å². The van der Waals surface area contributed by atoms with Crippen molar-refractivity contribution in [3.63, 3.8) is 0 Å². The third-order valence-corrected chi connectivity index (χ3v) is 3.88. The quantitative estimate of drug-likeness (QED) is 0.818. The van der Waals surface area contributed by atoms with Gasteiger partial charge in [-0.05, 0) is 33.8 Å². The number of ether oxygens (including phenoxy) is 2. The lowest BCUT2D eigenvalue weighted by atomic mass is 9.91. The van der Waals surface area contributed by atoms with E-state index in [-0.39, 0.29) is 30.4 Å². The molecule has 0 bridgehead atoms. The number of alkyl carbamates (subject to hydrolysis) is 1. The van der Waals surface area contributed by atoms with Crippen LogP contribution in [0.2, 0.25) is 0 Å². The van der Waals surface area contributed by atoms with Gasteiger partial charge < -0.3 is 19.3 Å². The number of carbonyl (C=O) groups is 1. The molecule has 0 radical (unpaired) electrons. The Bertz CT molecular complexity index is 842. The van der Waals surface area contributed by atoms with E-state index in [1.807, 2.05) is 0 Å². The van der Waals surface area contributed by atoms with Crippen LogP contribution in [0, 0.1) is 0 Å². The molecule has 152 valence electrons. The number of rotatable bonds is 5. The van der Waals surface area contributed by atoms with Crippen molar-refractivity contribution in [2.75, 3.05) is 0 Å². The Morgan fingerprint density at radius 3 is 2.75 bits per heavy atom. The van der Waals surface area contributed by atoms with Gasteiger partial charge in [0.15, 0.2) is 0 Å². The van der Waals surface area contributed by atoms with E-state index in [1.165, 1.54) is 6.20 Å². The fourth-order valence-electron chi connectivity index (χ4n) is 2.55. The lowest BCUT2D eigenvalue weighted by molar-refractivity contribution is -0.135. The summed E-state index contributed by atoms with van der Waals surface area (Å²) in [4.78, 5) is 20.1. The maximum Gasteiger partial charge on any atom is 0.408 e. The first kappa shape index (κ1) is 20.0. The van der Waals surface area contributed by atoms with Crippen molar-refractivity contribution < 1.29 is 27.6 Å². The summed E-state index contributed by atoms with van der Waals surface area (Å²) >= 11 is 0. The van der Waals surface area contributed by atoms with Crippen molar-refractivity contribution in [2.45, 2.75) is 64.2 Å². The molecule has 1 aliphatic carbocycles. The lowest BCUT2D eigenvalue weighted by Gasteiger charge is -2.34. The van der Waals surface area contributed by atoms with E-state index in [9.17, 15) is 13.6 Å². The summed E-state index contributed by atoms with van der Waals surface area (Å²) < 4.78 is 41.7. The average molecular weight is 396 g/mol. The molecule has 0 saturated heterocycles. The Kier molecular flexibility index (Phi) is 5.22. The highest BCUT2D eigenvalue weighted by Gasteiger charge is 2.47. The zero-order valence-corrected chi connectivity index (χ0v) is 16.0. The zero-order chi connectivity index (χ0) is 20.5. The smallest absolute Gasteiger partial charge is 0.408 e. The van der Waals surface area contributed by atoms with Crippen LogP contribution < -0.4 is 10.1 Å². The summed E-state index contributed by atoms with van der Waals surface area (Å²) in [5.41, 5.74) is -0.0719. The Labute approximate surface area is 160 Å². The summed E-state index contributed by atoms with van der Waals surface area (Å²) in [6, 6.07) is 2.63. The Hall–Kier alpha value is -2.78. The minimum atomic E-state index is -2.66. The largest absolute Gasteiger partial charge is 0.474 e. The first-order valence-electron chi connectivity index (χ1n) is 8.85. The van der Waals surface area contributed by atoms with Crippen LogP contribution in [0.3, 0.4) is 0 Å².